The quantitative estimate of drug-likeness (QED) is 0.848. The highest BCUT2D eigenvalue weighted by molar-refractivity contribution is 6.09. The smallest absolute Gasteiger partial charge is 0.341 e. The lowest BCUT2D eigenvalue weighted by Crippen LogP contribution is -2.09. The van der Waals surface area contributed by atoms with E-state index in [1.54, 1.807) is 36.4 Å². The summed E-state index contributed by atoms with van der Waals surface area (Å²) in [4.78, 5) is 22.6. The summed E-state index contributed by atoms with van der Waals surface area (Å²) < 4.78 is 5.01. The molecule has 0 heterocycles. The topological polar surface area (TPSA) is 63.6 Å². The maximum Gasteiger partial charge on any atom is 0.341 e. The van der Waals surface area contributed by atoms with Gasteiger partial charge in [0, 0.05) is 11.1 Å². The van der Waals surface area contributed by atoms with Gasteiger partial charge in [-0.05, 0) is 31.2 Å². The Morgan fingerprint density at radius 3 is 1.95 bits per heavy atom. The van der Waals surface area contributed by atoms with Crippen molar-refractivity contribution < 1.29 is 19.4 Å². The van der Waals surface area contributed by atoms with Gasteiger partial charge < -0.3 is 9.84 Å². The molecular formula is C16H14O4. The van der Waals surface area contributed by atoms with E-state index in [1.165, 1.54) is 0 Å². The fourth-order valence-electron chi connectivity index (χ4n) is 1.72. The molecule has 0 amide bonds. The molecule has 2 rings (SSSR count). The third kappa shape index (κ3) is 3.45. The molecule has 0 atom stereocenters. The van der Waals surface area contributed by atoms with Gasteiger partial charge in [-0.25, -0.2) is 4.79 Å². The third-order valence-corrected chi connectivity index (χ3v) is 2.79. The fraction of sp³-hybridized carbons (Fsp3) is 0.125. The minimum Gasteiger partial charge on any atom is -0.482 e. The van der Waals surface area contributed by atoms with Crippen molar-refractivity contribution in [2.75, 3.05) is 6.61 Å². The molecule has 0 aliphatic heterocycles. The minimum absolute atomic E-state index is 0.0743. The van der Waals surface area contributed by atoms with Gasteiger partial charge in [0.1, 0.15) is 5.75 Å². The molecule has 0 spiro atoms. The van der Waals surface area contributed by atoms with Crippen LogP contribution in [0.25, 0.3) is 0 Å². The Morgan fingerprint density at radius 1 is 0.950 bits per heavy atom. The van der Waals surface area contributed by atoms with Crippen molar-refractivity contribution >= 4 is 11.8 Å². The van der Waals surface area contributed by atoms with Crippen LogP contribution in [-0.2, 0) is 4.79 Å². The first kappa shape index (κ1) is 13.8. The molecule has 0 unspecified atom stereocenters. The lowest BCUT2D eigenvalue weighted by Gasteiger charge is -2.05. The van der Waals surface area contributed by atoms with Crippen LogP contribution >= 0.6 is 0 Å². The molecule has 0 aliphatic carbocycles. The molecule has 0 saturated carbocycles. The van der Waals surface area contributed by atoms with Crippen LogP contribution in [0.15, 0.2) is 48.5 Å². The summed E-state index contributed by atoms with van der Waals surface area (Å²) in [5.41, 5.74) is 2.25. The van der Waals surface area contributed by atoms with Crippen molar-refractivity contribution in [3.63, 3.8) is 0 Å². The monoisotopic (exact) mass is 270 g/mol. The normalized spacial score (nSPS) is 10.1. The Bertz CT molecular complexity index is 612. The molecule has 0 saturated heterocycles. The van der Waals surface area contributed by atoms with Crippen molar-refractivity contribution in [1.82, 2.24) is 0 Å². The van der Waals surface area contributed by atoms with Crippen molar-refractivity contribution in [1.29, 1.82) is 0 Å². The Kier molecular flexibility index (Phi) is 4.15. The molecule has 0 fully saturated rings. The van der Waals surface area contributed by atoms with Crippen LogP contribution < -0.4 is 4.74 Å². The average Bonchev–Trinajstić information content (AvgIpc) is 2.46. The van der Waals surface area contributed by atoms with Crippen LogP contribution in [0.4, 0.5) is 0 Å². The van der Waals surface area contributed by atoms with Gasteiger partial charge in [-0.15, -0.1) is 0 Å². The molecular weight excluding hydrogens is 256 g/mol. The van der Waals surface area contributed by atoms with Crippen LogP contribution in [-0.4, -0.2) is 23.5 Å². The van der Waals surface area contributed by atoms with Gasteiger partial charge in [0.25, 0.3) is 0 Å². The van der Waals surface area contributed by atoms with Crippen LogP contribution in [0.2, 0.25) is 0 Å². The number of aliphatic carboxylic acids is 1. The summed E-state index contributed by atoms with van der Waals surface area (Å²) in [5, 5.41) is 8.51. The van der Waals surface area contributed by atoms with Crippen LogP contribution in [0.5, 0.6) is 5.75 Å². The molecule has 0 aromatic heterocycles. The summed E-state index contributed by atoms with van der Waals surface area (Å²) in [5.74, 6) is -0.688. The third-order valence-electron chi connectivity index (χ3n) is 2.79. The van der Waals surface area contributed by atoms with E-state index < -0.39 is 12.6 Å². The van der Waals surface area contributed by atoms with E-state index in [2.05, 4.69) is 0 Å². The molecule has 4 nitrogen and oxygen atoms in total. The molecule has 2 aromatic carbocycles. The largest absolute Gasteiger partial charge is 0.482 e. The lowest BCUT2D eigenvalue weighted by atomic mass is 10.0. The number of rotatable bonds is 5. The highest BCUT2D eigenvalue weighted by Gasteiger charge is 2.09. The first-order chi connectivity index (χ1) is 9.56. The summed E-state index contributed by atoms with van der Waals surface area (Å²) in [7, 11) is 0. The van der Waals surface area contributed by atoms with E-state index in [1.807, 2.05) is 19.1 Å². The highest BCUT2D eigenvalue weighted by atomic mass is 16.5. The standard InChI is InChI=1S/C16H14O4/c1-11-2-4-12(5-3-11)16(19)13-6-8-14(9-7-13)20-10-15(17)18/h2-9H,10H2,1H3,(H,17,18). The second-order valence-electron chi connectivity index (χ2n) is 4.40. The number of carbonyl (C=O) groups excluding carboxylic acids is 1. The Balaban J connectivity index is 2.11. The fourth-order valence-corrected chi connectivity index (χ4v) is 1.72. The zero-order valence-corrected chi connectivity index (χ0v) is 11.0. The number of aryl methyl sites for hydroxylation is 1. The Morgan fingerprint density at radius 2 is 1.45 bits per heavy atom. The second kappa shape index (κ2) is 6.02. The van der Waals surface area contributed by atoms with E-state index in [4.69, 9.17) is 9.84 Å². The Labute approximate surface area is 116 Å². The van der Waals surface area contributed by atoms with Crippen molar-refractivity contribution in [3.05, 3.63) is 65.2 Å². The first-order valence-corrected chi connectivity index (χ1v) is 6.12. The average molecular weight is 270 g/mol. The number of hydrogen-bond donors (Lipinski definition) is 1. The number of benzene rings is 2. The van der Waals surface area contributed by atoms with Gasteiger partial charge >= 0.3 is 5.97 Å². The predicted octanol–water partition coefficient (Wildman–Crippen LogP) is 2.69. The second-order valence-corrected chi connectivity index (χ2v) is 4.40. The van der Waals surface area contributed by atoms with Gasteiger partial charge in [-0.1, -0.05) is 29.8 Å². The maximum atomic E-state index is 12.2. The van der Waals surface area contributed by atoms with Gasteiger partial charge in [0.05, 0.1) is 0 Å². The zero-order chi connectivity index (χ0) is 14.5. The van der Waals surface area contributed by atoms with Crippen LogP contribution in [0.3, 0.4) is 0 Å². The molecule has 20 heavy (non-hydrogen) atoms. The van der Waals surface area contributed by atoms with Gasteiger partial charge in [0.15, 0.2) is 12.4 Å². The van der Waals surface area contributed by atoms with Gasteiger partial charge in [-0.2, -0.15) is 0 Å². The van der Waals surface area contributed by atoms with E-state index in [9.17, 15) is 9.59 Å². The number of ketones is 1. The van der Waals surface area contributed by atoms with Gasteiger partial charge in [0.2, 0.25) is 0 Å². The summed E-state index contributed by atoms with van der Waals surface area (Å²) >= 11 is 0. The SMILES string of the molecule is Cc1ccc(C(=O)c2ccc(OCC(=O)O)cc2)cc1. The van der Waals surface area contributed by atoms with E-state index in [-0.39, 0.29) is 5.78 Å². The van der Waals surface area contributed by atoms with Crippen LogP contribution in [0, 0.1) is 6.92 Å². The van der Waals surface area contributed by atoms with Crippen molar-refractivity contribution in [2.24, 2.45) is 0 Å². The number of carbonyl (C=O) groups is 2. The molecule has 1 N–H and O–H groups in total. The molecule has 2 aromatic rings. The first-order valence-electron chi connectivity index (χ1n) is 6.12. The minimum atomic E-state index is -1.04. The van der Waals surface area contributed by atoms with E-state index in [0.29, 0.717) is 16.9 Å². The summed E-state index contributed by atoms with van der Waals surface area (Å²) in [6.07, 6.45) is 0. The zero-order valence-electron chi connectivity index (χ0n) is 11.0. The number of hydrogen-bond acceptors (Lipinski definition) is 3. The lowest BCUT2D eigenvalue weighted by molar-refractivity contribution is -0.139. The van der Waals surface area contributed by atoms with Gasteiger partial charge in [-0.3, -0.25) is 4.79 Å². The van der Waals surface area contributed by atoms with Crippen LogP contribution in [0.1, 0.15) is 21.5 Å². The number of carboxylic acids is 1. The maximum absolute atomic E-state index is 12.2. The number of ether oxygens (including phenoxy) is 1. The van der Waals surface area contributed by atoms with Crippen molar-refractivity contribution in [2.45, 2.75) is 6.92 Å². The Hall–Kier alpha value is -2.62. The summed E-state index contributed by atoms with van der Waals surface area (Å²) in [6, 6.07) is 13.8. The number of carboxylic acid groups (broad SMARTS) is 1. The molecule has 4 heteroatoms. The molecule has 102 valence electrons. The molecule has 0 radical (unpaired) electrons. The highest BCUT2D eigenvalue weighted by Crippen LogP contribution is 2.16. The van der Waals surface area contributed by atoms with E-state index >= 15 is 0 Å². The summed E-state index contributed by atoms with van der Waals surface area (Å²) in [6.45, 7) is 1.56. The van der Waals surface area contributed by atoms with Crippen molar-refractivity contribution in [3.8, 4) is 5.75 Å². The molecule has 0 bridgehead atoms. The molecule has 0 aliphatic rings. The van der Waals surface area contributed by atoms with E-state index in [0.717, 1.165) is 5.56 Å². The predicted molar refractivity (Wildman–Crippen MR) is 74.2 cm³/mol.